The fourth-order valence-corrected chi connectivity index (χ4v) is 5.32. The van der Waals surface area contributed by atoms with Crippen molar-refractivity contribution in [2.75, 3.05) is 27.9 Å². The molecule has 11 nitrogen and oxygen atoms in total. The van der Waals surface area contributed by atoms with Crippen LogP contribution >= 0.6 is 11.6 Å². The Kier molecular flexibility index (Phi) is 9.08. The Labute approximate surface area is 248 Å². The molecular weight excluding hydrogens is 564 g/mol. The number of carbonyl (C=O) groups excluding carboxylic acids is 3. The number of carbonyl (C=O) groups is 3. The van der Waals surface area contributed by atoms with E-state index in [-0.39, 0.29) is 49.8 Å². The molecule has 12 heteroatoms. The highest BCUT2D eigenvalue weighted by atomic mass is 35.5. The van der Waals surface area contributed by atoms with Crippen molar-refractivity contribution < 1.29 is 33.3 Å². The Balaban J connectivity index is 1.45. The maximum Gasteiger partial charge on any atom is 0.305 e. The largest absolute Gasteiger partial charge is 0.493 e. The third-order valence-electron chi connectivity index (χ3n) is 7.42. The van der Waals surface area contributed by atoms with Crippen LogP contribution in [0.4, 0.5) is 0 Å². The molecule has 1 fully saturated rings. The van der Waals surface area contributed by atoms with Crippen LogP contribution < -0.4 is 14.8 Å². The minimum Gasteiger partial charge on any atom is -0.493 e. The van der Waals surface area contributed by atoms with Crippen molar-refractivity contribution in [1.82, 2.24) is 20.1 Å². The number of ether oxygens (including phenoxy) is 4. The van der Waals surface area contributed by atoms with Crippen LogP contribution in [0.2, 0.25) is 5.02 Å². The third-order valence-corrected chi connectivity index (χ3v) is 7.66. The molecule has 0 saturated heterocycles. The van der Waals surface area contributed by atoms with E-state index in [1.54, 1.807) is 14.2 Å². The lowest BCUT2D eigenvalue weighted by molar-refractivity contribution is -0.141. The number of aromatic nitrogens is 3. The van der Waals surface area contributed by atoms with Gasteiger partial charge >= 0.3 is 5.97 Å². The van der Waals surface area contributed by atoms with E-state index in [1.165, 1.54) is 7.11 Å². The summed E-state index contributed by atoms with van der Waals surface area (Å²) in [6.45, 7) is -0.170. The molecule has 1 aromatic heterocycles. The molecule has 1 aliphatic heterocycles. The highest BCUT2D eigenvalue weighted by Crippen LogP contribution is 2.48. The lowest BCUT2D eigenvalue weighted by Crippen LogP contribution is -2.30. The van der Waals surface area contributed by atoms with Crippen molar-refractivity contribution in [2.24, 2.45) is 0 Å². The van der Waals surface area contributed by atoms with Crippen molar-refractivity contribution in [3.63, 3.8) is 0 Å². The van der Waals surface area contributed by atoms with Gasteiger partial charge in [-0.15, -0.1) is 10.2 Å². The summed E-state index contributed by atoms with van der Waals surface area (Å²) in [5.74, 6) is 1.75. The molecule has 0 radical (unpaired) electrons. The number of methoxy groups -OCH3 is 3. The summed E-state index contributed by atoms with van der Waals surface area (Å²) in [4.78, 5) is 36.2. The Morgan fingerprint density at radius 2 is 1.79 bits per heavy atom. The summed E-state index contributed by atoms with van der Waals surface area (Å²) in [6, 6.07) is 11.2. The molecule has 0 spiro atoms. The highest BCUT2D eigenvalue weighted by molar-refractivity contribution is 6.30. The van der Waals surface area contributed by atoms with Crippen LogP contribution in [-0.4, -0.2) is 60.3 Å². The summed E-state index contributed by atoms with van der Waals surface area (Å²) < 4.78 is 24.7. The first-order valence-electron chi connectivity index (χ1n) is 13.8. The topological polar surface area (TPSA) is 131 Å². The third kappa shape index (κ3) is 6.27. The zero-order valence-corrected chi connectivity index (χ0v) is 24.5. The molecule has 2 aromatic carbocycles. The second-order valence-corrected chi connectivity index (χ2v) is 10.7. The predicted octanol–water partition coefficient (Wildman–Crippen LogP) is 4.39. The smallest absolute Gasteiger partial charge is 0.305 e. The second kappa shape index (κ2) is 12.9. The number of esters is 1. The Bertz CT molecular complexity index is 1490. The van der Waals surface area contributed by atoms with Gasteiger partial charge in [-0.25, -0.2) is 0 Å². The van der Waals surface area contributed by atoms with Gasteiger partial charge in [0.25, 0.3) is 0 Å². The van der Waals surface area contributed by atoms with Crippen molar-refractivity contribution in [3.05, 3.63) is 64.2 Å². The lowest BCUT2D eigenvalue weighted by Gasteiger charge is -2.25. The van der Waals surface area contributed by atoms with E-state index >= 15 is 0 Å². The van der Waals surface area contributed by atoms with Crippen LogP contribution in [0.3, 0.4) is 0 Å². The van der Waals surface area contributed by atoms with Gasteiger partial charge in [-0.3, -0.25) is 19.0 Å². The summed E-state index contributed by atoms with van der Waals surface area (Å²) >= 11 is 6.52. The van der Waals surface area contributed by atoms with Crippen LogP contribution in [0.1, 0.15) is 79.4 Å². The zero-order valence-electron chi connectivity index (χ0n) is 23.7. The molecular formula is C30H33ClN4O7. The maximum atomic E-state index is 12.8. The van der Waals surface area contributed by atoms with Crippen LogP contribution in [-0.2, 0) is 23.9 Å². The molecule has 1 aliphatic carbocycles. The Morgan fingerprint density at radius 1 is 1.00 bits per heavy atom. The number of amides is 1. The average Bonchev–Trinajstić information content (AvgIpc) is 3.78. The van der Waals surface area contributed by atoms with E-state index in [4.69, 9.17) is 25.8 Å². The van der Waals surface area contributed by atoms with Gasteiger partial charge in [0.15, 0.2) is 23.1 Å². The summed E-state index contributed by atoms with van der Waals surface area (Å²) in [5, 5.41) is 12.3. The zero-order chi connectivity index (χ0) is 29.8. The quantitative estimate of drug-likeness (QED) is 0.302. The number of rotatable bonds is 12. The normalized spacial score (nSPS) is 17.4. The molecule has 2 heterocycles. The number of fused-ring (bicyclic) bond motifs is 3. The first kappa shape index (κ1) is 29.5. The van der Waals surface area contributed by atoms with Crippen molar-refractivity contribution in [2.45, 2.75) is 56.7 Å². The van der Waals surface area contributed by atoms with E-state index in [9.17, 15) is 14.4 Å². The molecule has 222 valence electrons. The molecule has 2 aliphatic rings. The number of nitrogens with one attached hydrogen (secondary N) is 1. The fourth-order valence-electron chi connectivity index (χ4n) is 5.14. The average molecular weight is 597 g/mol. The number of hydrogen-bond donors (Lipinski definition) is 1. The molecule has 1 amide bonds. The number of Topliss-reactive ketones (excluding diaryl/α,β-unsaturated/α-hetero) is 1. The van der Waals surface area contributed by atoms with E-state index in [2.05, 4.69) is 20.3 Å². The summed E-state index contributed by atoms with van der Waals surface area (Å²) in [7, 11) is 4.41. The minimum atomic E-state index is -0.634. The standard InChI is InChI=1S/C30H33ClN4O7/c1-39-23-6-4-5-20(28(23)41-3)27-21-15-18(31)9-11-22(21)35-29(17-7-8-17)33-34-30(35)24(42-27)12-13-25(37)32-16-19(36)10-14-26(38)40-2/h4-6,9,11,15,17,24,27H,7-8,10,12-14,16H2,1-3H3,(H,32,37)/t24-,27-/m1/s1. The Hall–Kier alpha value is -3.96. The van der Waals surface area contributed by atoms with Gasteiger partial charge in [-0.05, 0) is 43.5 Å². The number of para-hydroxylation sites is 1. The number of halogens is 1. The summed E-state index contributed by atoms with van der Waals surface area (Å²) in [6.07, 6.45) is 1.09. The van der Waals surface area contributed by atoms with Crippen LogP contribution in [0.25, 0.3) is 5.69 Å². The second-order valence-electron chi connectivity index (χ2n) is 10.2. The number of hydrogen-bond acceptors (Lipinski definition) is 9. The monoisotopic (exact) mass is 596 g/mol. The van der Waals surface area contributed by atoms with Crippen molar-refractivity contribution >= 4 is 29.3 Å². The highest BCUT2D eigenvalue weighted by Gasteiger charge is 2.39. The molecule has 0 bridgehead atoms. The maximum absolute atomic E-state index is 12.8. The van der Waals surface area contributed by atoms with Crippen molar-refractivity contribution in [1.29, 1.82) is 0 Å². The van der Waals surface area contributed by atoms with Gasteiger partial charge in [-0.2, -0.15) is 0 Å². The molecule has 3 aromatic rings. The summed E-state index contributed by atoms with van der Waals surface area (Å²) in [5.41, 5.74) is 2.39. The molecule has 2 atom stereocenters. The van der Waals surface area contributed by atoms with Gasteiger partial charge in [0.1, 0.15) is 18.0 Å². The fraction of sp³-hybridized carbons (Fsp3) is 0.433. The van der Waals surface area contributed by atoms with E-state index < -0.39 is 18.2 Å². The SMILES string of the molecule is COC(=O)CCC(=O)CNC(=O)CC[C@H]1O[C@H](c2cccc(OC)c2OC)c2cc(Cl)ccc2-n2c(C3CC3)nnc21. The first-order valence-corrected chi connectivity index (χ1v) is 14.2. The molecule has 0 unspecified atom stereocenters. The number of benzene rings is 2. The molecule has 1 N–H and O–H groups in total. The van der Waals surface area contributed by atoms with E-state index in [0.29, 0.717) is 22.3 Å². The molecule has 1 saturated carbocycles. The van der Waals surface area contributed by atoms with Crippen LogP contribution in [0, 0.1) is 0 Å². The predicted molar refractivity (Wildman–Crippen MR) is 152 cm³/mol. The Morgan fingerprint density at radius 3 is 2.50 bits per heavy atom. The van der Waals surface area contributed by atoms with Gasteiger partial charge < -0.3 is 24.3 Å². The number of nitrogens with zero attached hydrogens (tertiary/aromatic N) is 3. The van der Waals surface area contributed by atoms with Gasteiger partial charge in [0.05, 0.1) is 40.0 Å². The first-order chi connectivity index (χ1) is 20.3. The minimum absolute atomic E-state index is 0.00337. The van der Waals surface area contributed by atoms with E-state index in [0.717, 1.165) is 35.5 Å². The van der Waals surface area contributed by atoms with E-state index in [1.807, 2.05) is 41.0 Å². The van der Waals surface area contributed by atoms with Crippen LogP contribution in [0.15, 0.2) is 36.4 Å². The molecule has 42 heavy (non-hydrogen) atoms. The lowest BCUT2D eigenvalue weighted by atomic mass is 9.98. The molecule has 5 rings (SSSR count). The van der Waals surface area contributed by atoms with Crippen molar-refractivity contribution in [3.8, 4) is 17.2 Å². The number of ketones is 1. The van der Waals surface area contributed by atoms with Gasteiger partial charge in [0.2, 0.25) is 5.91 Å². The van der Waals surface area contributed by atoms with Gasteiger partial charge in [-0.1, -0.05) is 23.7 Å². The van der Waals surface area contributed by atoms with Crippen LogP contribution in [0.5, 0.6) is 11.5 Å². The van der Waals surface area contributed by atoms with Gasteiger partial charge in [0, 0.05) is 34.9 Å².